The van der Waals surface area contributed by atoms with E-state index < -0.39 is 17.9 Å². The van der Waals surface area contributed by atoms with Crippen molar-refractivity contribution in [1.82, 2.24) is 10.3 Å². The SMILES string of the molecule is CSCCC(NC(=O)c1ccc(COCc2cnc(-c3ccc(Cl)cc3)s2)cc1-c1ccccc1C)C(=O)O. The van der Waals surface area contributed by atoms with Gasteiger partial charge in [-0.25, -0.2) is 9.78 Å². The van der Waals surface area contributed by atoms with E-state index in [9.17, 15) is 14.7 Å². The Morgan fingerprint density at radius 1 is 1.08 bits per heavy atom. The summed E-state index contributed by atoms with van der Waals surface area (Å²) >= 11 is 9.10. The smallest absolute Gasteiger partial charge is 0.326 e. The molecule has 2 N–H and O–H groups in total. The summed E-state index contributed by atoms with van der Waals surface area (Å²) in [6.45, 7) is 2.74. The zero-order valence-corrected chi connectivity index (χ0v) is 24.0. The van der Waals surface area contributed by atoms with Gasteiger partial charge in [0, 0.05) is 22.3 Å². The average molecular weight is 581 g/mol. The van der Waals surface area contributed by atoms with Crippen molar-refractivity contribution in [2.24, 2.45) is 0 Å². The Hall–Kier alpha value is -3.17. The molecule has 1 aromatic heterocycles. The highest BCUT2D eigenvalue weighted by Gasteiger charge is 2.22. The molecule has 0 aliphatic carbocycles. The molecule has 9 heteroatoms. The number of aromatic nitrogens is 1. The number of hydrogen-bond donors (Lipinski definition) is 2. The number of nitrogens with zero attached hydrogens (tertiary/aromatic N) is 1. The minimum Gasteiger partial charge on any atom is -0.480 e. The van der Waals surface area contributed by atoms with Crippen LogP contribution in [0.1, 0.15) is 32.8 Å². The highest BCUT2D eigenvalue weighted by molar-refractivity contribution is 7.98. The number of amides is 1. The lowest BCUT2D eigenvalue weighted by atomic mass is 9.93. The van der Waals surface area contributed by atoms with E-state index in [-0.39, 0.29) is 0 Å². The fourth-order valence-corrected chi connectivity index (χ4v) is 5.53. The third-order valence-electron chi connectivity index (χ3n) is 6.14. The van der Waals surface area contributed by atoms with Gasteiger partial charge in [0.15, 0.2) is 0 Å². The number of carboxylic acid groups (broad SMARTS) is 1. The Morgan fingerprint density at radius 2 is 1.85 bits per heavy atom. The van der Waals surface area contributed by atoms with Crippen LogP contribution in [0.4, 0.5) is 0 Å². The number of thiazole rings is 1. The first-order valence-corrected chi connectivity index (χ1v) is 14.9. The molecule has 0 aliphatic heterocycles. The lowest BCUT2D eigenvalue weighted by molar-refractivity contribution is -0.139. The zero-order chi connectivity index (χ0) is 27.8. The second kappa shape index (κ2) is 13.8. The van der Waals surface area contributed by atoms with Gasteiger partial charge in [0.05, 0.1) is 18.1 Å². The van der Waals surface area contributed by atoms with Crippen molar-refractivity contribution in [2.45, 2.75) is 32.6 Å². The number of carbonyl (C=O) groups is 2. The van der Waals surface area contributed by atoms with Crippen molar-refractivity contribution in [2.75, 3.05) is 12.0 Å². The summed E-state index contributed by atoms with van der Waals surface area (Å²) in [6.07, 6.45) is 4.08. The average Bonchev–Trinajstić information content (AvgIpc) is 3.40. The van der Waals surface area contributed by atoms with Gasteiger partial charge in [-0.2, -0.15) is 11.8 Å². The highest BCUT2D eigenvalue weighted by Crippen LogP contribution is 2.30. The molecule has 39 heavy (non-hydrogen) atoms. The summed E-state index contributed by atoms with van der Waals surface area (Å²) in [5, 5.41) is 13.9. The molecule has 1 amide bonds. The monoisotopic (exact) mass is 580 g/mol. The number of aliphatic carboxylic acids is 1. The number of rotatable bonds is 12. The molecule has 0 bridgehead atoms. The fraction of sp³-hybridized carbons (Fsp3) is 0.233. The van der Waals surface area contributed by atoms with Gasteiger partial charge >= 0.3 is 5.97 Å². The van der Waals surface area contributed by atoms with Gasteiger partial charge in [0.2, 0.25) is 0 Å². The Kier molecular flexibility index (Phi) is 10.2. The van der Waals surface area contributed by atoms with E-state index in [0.717, 1.165) is 37.7 Å². The Morgan fingerprint density at radius 3 is 2.56 bits per heavy atom. The van der Waals surface area contributed by atoms with Crippen LogP contribution in [-0.4, -0.2) is 40.0 Å². The minimum atomic E-state index is -1.04. The van der Waals surface area contributed by atoms with Crippen LogP contribution in [0, 0.1) is 6.92 Å². The van der Waals surface area contributed by atoms with Crippen LogP contribution >= 0.6 is 34.7 Å². The standard InChI is InChI=1S/C30H29ClN2O4S2/c1-19-5-3-4-6-24(19)26-15-20(7-12-25(26)28(34)33-27(30(35)36)13-14-38-2)17-37-18-23-16-32-29(39-23)21-8-10-22(31)11-9-21/h3-12,15-16,27H,13-14,17-18H2,1-2H3,(H,33,34)(H,35,36). The number of benzene rings is 3. The quantitative estimate of drug-likeness (QED) is 0.186. The van der Waals surface area contributed by atoms with E-state index in [1.807, 2.05) is 80.0 Å². The summed E-state index contributed by atoms with van der Waals surface area (Å²) in [5.41, 5.74) is 5.01. The van der Waals surface area contributed by atoms with E-state index >= 15 is 0 Å². The lowest BCUT2D eigenvalue weighted by Crippen LogP contribution is -2.41. The number of nitrogens with one attached hydrogen (secondary N) is 1. The summed E-state index contributed by atoms with van der Waals surface area (Å²) < 4.78 is 6.00. The minimum absolute atomic E-state index is 0.348. The summed E-state index contributed by atoms with van der Waals surface area (Å²) in [7, 11) is 0. The van der Waals surface area contributed by atoms with E-state index in [1.165, 1.54) is 0 Å². The maximum absolute atomic E-state index is 13.3. The van der Waals surface area contributed by atoms with Crippen molar-refractivity contribution in [3.8, 4) is 21.7 Å². The Bertz CT molecular complexity index is 1440. The molecular formula is C30H29ClN2O4S2. The van der Waals surface area contributed by atoms with E-state index in [2.05, 4.69) is 10.3 Å². The molecule has 1 unspecified atom stereocenters. The molecule has 0 aliphatic rings. The number of carbonyl (C=O) groups excluding carboxylic acids is 1. The van der Waals surface area contributed by atoms with Gasteiger partial charge in [0.1, 0.15) is 11.0 Å². The van der Waals surface area contributed by atoms with Gasteiger partial charge in [0.25, 0.3) is 5.91 Å². The van der Waals surface area contributed by atoms with Gasteiger partial charge in [-0.3, -0.25) is 4.79 Å². The number of thioether (sulfide) groups is 1. The van der Waals surface area contributed by atoms with Gasteiger partial charge in [-0.1, -0.05) is 54.1 Å². The van der Waals surface area contributed by atoms with Crippen LogP contribution in [0.5, 0.6) is 0 Å². The van der Waals surface area contributed by atoms with Crippen molar-refractivity contribution in [3.63, 3.8) is 0 Å². The maximum Gasteiger partial charge on any atom is 0.326 e. The molecule has 4 rings (SSSR count). The van der Waals surface area contributed by atoms with E-state index in [0.29, 0.717) is 36.0 Å². The molecule has 0 spiro atoms. The number of ether oxygens (including phenoxy) is 1. The van der Waals surface area contributed by atoms with Crippen LogP contribution in [-0.2, 0) is 22.7 Å². The van der Waals surface area contributed by atoms with E-state index in [1.54, 1.807) is 29.2 Å². The molecule has 0 fully saturated rings. The first-order valence-electron chi connectivity index (χ1n) is 12.4. The molecule has 3 aromatic carbocycles. The van der Waals surface area contributed by atoms with Crippen LogP contribution in [0.15, 0.2) is 72.9 Å². The van der Waals surface area contributed by atoms with Crippen molar-refractivity contribution >= 4 is 46.6 Å². The zero-order valence-electron chi connectivity index (χ0n) is 21.6. The molecule has 0 saturated heterocycles. The second-order valence-electron chi connectivity index (χ2n) is 8.97. The number of halogens is 1. The number of carboxylic acids is 1. The molecule has 1 atom stereocenters. The molecule has 202 valence electrons. The van der Waals surface area contributed by atoms with Crippen LogP contribution in [0.25, 0.3) is 21.7 Å². The van der Waals surface area contributed by atoms with Gasteiger partial charge in [-0.05, 0) is 71.9 Å². The summed E-state index contributed by atoms with van der Waals surface area (Å²) in [4.78, 5) is 30.5. The molecule has 6 nitrogen and oxygen atoms in total. The van der Waals surface area contributed by atoms with Gasteiger partial charge in [-0.15, -0.1) is 11.3 Å². The predicted molar refractivity (Wildman–Crippen MR) is 160 cm³/mol. The van der Waals surface area contributed by atoms with Crippen molar-refractivity contribution < 1.29 is 19.4 Å². The first-order chi connectivity index (χ1) is 18.9. The summed E-state index contributed by atoms with van der Waals surface area (Å²) in [6, 6.07) is 20.0. The van der Waals surface area contributed by atoms with Crippen molar-refractivity contribution in [1.29, 1.82) is 0 Å². The van der Waals surface area contributed by atoms with Crippen LogP contribution in [0.2, 0.25) is 5.02 Å². The highest BCUT2D eigenvalue weighted by atomic mass is 35.5. The van der Waals surface area contributed by atoms with Gasteiger partial charge < -0.3 is 15.2 Å². The molecule has 1 heterocycles. The summed E-state index contributed by atoms with van der Waals surface area (Å²) in [5.74, 6) is -0.810. The topological polar surface area (TPSA) is 88.5 Å². The van der Waals surface area contributed by atoms with Crippen molar-refractivity contribution in [3.05, 3.63) is 99.5 Å². The Balaban J connectivity index is 1.50. The number of aryl methyl sites for hydroxylation is 1. The number of hydrogen-bond acceptors (Lipinski definition) is 6. The maximum atomic E-state index is 13.3. The lowest BCUT2D eigenvalue weighted by Gasteiger charge is -2.17. The predicted octanol–water partition coefficient (Wildman–Crippen LogP) is 7.09. The third kappa shape index (κ3) is 7.70. The normalized spacial score (nSPS) is 11.8. The first kappa shape index (κ1) is 28.8. The largest absolute Gasteiger partial charge is 0.480 e. The van der Waals surface area contributed by atoms with Crippen LogP contribution in [0.3, 0.4) is 0 Å². The molecule has 0 radical (unpaired) electrons. The second-order valence-corrected chi connectivity index (χ2v) is 11.5. The molecular weight excluding hydrogens is 552 g/mol. The van der Waals surface area contributed by atoms with Crippen LogP contribution < -0.4 is 5.32 Å². The Labute approximate surface area is 241 Å². The fourth-order valence-electron chi connectivity index (χ4n) is 4.08. The molecule has 4 aromatic rings. The van der Waals surface area contributed by atoms with E-state index in [4.69, 9.17) is 16.3 Å². The third-order valence-corrected chi connectivity index (χ3v) is 8.05. The molecule has 0 saturated carbocycles.